The fourth-order valence-corrected chi connectivity index (χ4v) is 3.10. The Labute approximate surface area is 149 Å². The maximum absolute atomic E-state index is 12.3. The van der Waals surface area contributed by atoms with Crippen LogP contribution in [0.1, 0.15) is 0 Å². The first-order valence-corrected chi connectivity index (χ1v) is 8.46. The van der Waals surface area contributed by atoms with Crippen LogP contribution < -0.4 is 10.7 Å². The normalized spacial score (nSPS) is 10.7. The van der Waals surface area contributed by atoms with E-state index in [1.54, 1.807) is 16.8 Å². The molecule has 0 aliphatic carbocycles. The fraction of sp³-hybridized carbons (Fsp3) is 0.0588. The minimum Gasteiger partial charge on any atom is -0.338 e. The molecule has 3 aromatic rings. The molecular formula is C17H12Br2N2O2. The van der Waals surface area contributed by atoms with E-state index in [4.69, 9.17) is 0 Å². The monoisotopic (exact) mass is 434 g/mol. The van der Waals surface area contributed by atoms with Gasteiger partial charge in [0, 0.05) is 32.3 Å². The number of pyridine rings is 1. The number of anilines is 1. The molecule has 0 aliphatic rings. The highest BCUT2D eigenvalue weighted by Gasteiger charge is 2.08. The molecule has 1 amide bonds. The summed E-state index contributed by atoms with van der Waals surface area (Å²) in [7, 11) is 0. The van der Waals surface area contributed by atoms with E-state index in [0.717, 1.165) is 20.1 Å². The number of halogens is 2. The molecule has 0 spiro atoms. The van der Waals surface area contributed by atoms with E-state index in [2.05, 4.69) is 37.2 Å². The maximum atomic E-state index is 12.3. The first-order chi connectivity index (χ1) is 11.0. The van der Waals surface area contributed by atoms with Crippen molar-refractivity contribution in [2.24, 2.45) is 0 Å². The Hall–Kier alpha value is -1.92. The zero-order valence-corrected chi connectivity index (χ0v) is 15.1. The lowest BCUT2D eigenvalue weighted by Gasteiger charge is -2.11. The lowest BCUT2D eigenvalue weighted by atomic mass is 10.2. The van der Waals surface area contributed by atoms with Gasteiger partial charge in [0.1, 0.15) is 6.54 Å². The number of nitrogens with one attached hydrogen (secondary N) is 1. The molecule has 0 fully saturated rings. The number of aromatic nitrogens is 1. The molecule has 4 nitrogen and oxygen atoms in total. The van der Waals surface area contributed by atoms with Crippen LogP contribution in [-0.4, -0.2) is 10.5 Å². The van der Waals surface area contributed by atoms with Gasteiger partial charge in [0.15, 0.2) is 5.43 Å². The highest BCUT2D eigenvalue weighted by Crippen LogP contribution is 2.18. The second-order valence-electron chi connectivity index (χ2n) is 5.03. The predicted octanol–water partition coefficient (Wildman–Crippen LogP) is 4.17. The minimum atomic E-state index is -0.157. The summed E-state index contributed by atoms with van der Waals surface area (Å²) in [5, 5.41) is 3.43. The van der Waals surface area contributed by atoms with E-state index in [9.17, 15) is 9.59 Å². The Balaban J connectivity index is 1.88. The van der Waals surface area contributed by atoms with Crippen molar-refractivity contribution in [1.82, 2.24) is 4.57 Å². The van der Waals surface area contributed by atoms with Crippen molar-refractivity contribution in [2.45, 2.75) is 6.54 Å². The molecule has 116 valence electrons. The van der Waals surface area contributed by atoms with Gasteiger partial charge in [-0.1, -0.05) is 37.9 Å². The lowest BCUT2D eigenvalue weighted by Crippen LogP contribution is -2.20. The summed E-state index contributed by atoms with van der Waals surface area (Å²) in [6, 6.07) is 14.3. The number of hydrogen-bond donors (Lipinski definition) is 1. The van der Waals surface area contributed by atoms with Crippen molar-refractivity contribution in [1.29, 1.82) is 0 Å². The average molecular weight is 436 g/mol. The Morgan fingerprint density at radius 2 is 1.83 bits per heavy atom. The van der Waals surface area contributed by atoms with Crippen LogP contribution in [-0.2, 0) is 11.3 Å². The van der Waals surface area contributed by atoms with E-state index < -0.39 is 0 Å². The number of carbonyl (C=O) groups excluding carboxylic acids is 1. The van der Waals surface area contributed by atoms with Gasteiger partial charge >= 0.3 is 0 Å². The van der Waals surface area contributed by atoms with Crippen molar-refractivity contribution >= 4 is 54.4 Å². The average Bonchev–Trinajstić information content (AvgIpc) is 2.50. The van der Waals surface area contributed by atoms with Crippen LogP contribution in [0.25, 0.3) is 10.9 Å². The van der Waals surface area contributed by atoms with Crippen LogP contribution >= 0.6 is 31.9 Å². The summed E-state index contributed by atoms with van der Waals surface area (Å²) in [5.41, 5.74) is 1.38. The van der Waals surface area contributed by atoms with Gasteiger partial charge in [-0.3, -0.25) is 9.59 Å². The third kappa shape index (κ3) is 3.71. The van der Waals surface area contributed by atoms with Gasteiger partial charge in [-0.05, 0) is 36.4 Å². The Morgan fingerprint density at radius 1 is 1.04 bits per heavy atom. The Kier molecular flexibility index (Phi) is 4.63. The highest BCUT2D eigenvalue weighted by molar-refractivity contribution is 9.10. The second-order valence-corrected chi connectivity index (χ2v) is 6.86. The molecule has 6 heteroatoms. The standard InChI is InChI=1S/C17H12Br2N2O2/c18-11-2-1-3-13(8-11)20-17(23)10-21-7-6-16(22)14-9-12(19)4-5-15(14)21/h1-9H,10H2,(H,20,23). The fourth-order valence-electron chi connectivity index (χ4n) is 2.34. The van der Waals surface area contributed by atoms with Gasteiger partial charge in [0.05, 0.1) is 5.52 Å². The van der Waals surface area contributed by atoms with Crippen LogP contribution in [0.4, 0.5) is 5.69 Å². The largest absolute Gasteiger partial charge is 0.338 e. The molecule has 0 bridgehead atoms. The topological polar surface area (TPSA) is 51.1 Å². The van der Waals surface area contributed by atoms with Crippen LogP contribution in [0.15, 0.2) is 68.5 Å². The molecule has 0 aliphatic heterocycles. The van der Waals surface area contributed by atoms with E-state index >= 15 is 0 Å². The van der Waals surface area contributed by atoms with Crippen molar-refractivity contribution < 1.29 is 4.79 Å². The SMILES string of the molecule is O=C(Cn1ccc(=O)c2cc(Br)ccc21)Nc1cccc(Br)c1. The Morgan fingerprint density at radius 3 is 2.61 bits per heavy atom. The van der Waals surface area contributed by atoms with Crippen LogP contribution in [0.3, 0.4) is 0 Å². The summed E-state index contributed by atoms with van der Waals surface area (Å²) < 4.78 is 3.49. The number of benzene rings is 2. The molecule has 0 saturated carbocycles. The first kappa shape index (κ1) is 16.0. The van der Waals surface area contributed by atoms with Gasteiger partial charge < -0.3 is 9.88 Å². The van der Waals surface area contributed by atoms with Gasteiger partial charge in [-0.25, -0.2) is 0 Å². The molecule has 1 N–H and O–H groups in total. The van der Waals surface area contributed by atoms with Gasteiger partial charge in [0.2, 0.25) is 5.91 Å². The molecule has 0 atom stereocenters. The highest BCUT2D eigenvalue weighted by atomic mass is 79.9. The maximum Gasteiger partial charge on any atom is 0.244 e. The van der Waals surface area contributed by atoms with E-state index in [1.165, 1.54) is 6.07 Å². The predicted molar refractivity (Wildman–Crippen MR) is 98.7 cm³/mol. The van der Waals surface area contributed by atoms with Crippen LogP contribution in [0.2, 0.25) is 0 Å². The van der Waals surface area contributed by atoms with Gasteiger partial charge in [-0.2, -0.15) is 0 Å². The van der Waals surface area contributed by atoms with Gasteiger partial charge in [0.25, 0.3) is 0 Å². The number of carbonyl (C=O) groups is 1. The lowest BCUT2D eigenvalue weighted by molar-refractivity contribution is -0.116. The quantitative estimate of drug-likeness (QED) is 0.671. The summed E-state index contributed by atoms with van der Waals surface area (Å²) in [6.45, 7) is 0.130. The minimum absolute atomic E-state index is 0.0649. The zero-order chi connectivity index (χ0) is 16.4. The van der Waals surface area contributed by atoms with Crippen LogP contribution in [0.5, 0.6) is 0 Å². The second kappa shape index (κ2) is 6.68. The molecule has 3 rings (SSSR count). The number of rotatable bonds is 3. The Bertz CT molecular complexity index is 951. The van der Waals surface area contributed by atoms with Crippen molar-refractivity contribution in [3.8, 4) is 0 Å². The van der Waals surface area contributed by atoms with Crippen LogP contribution in [0, 0.1) is 0 Å². The van der Waals surface area contributed by atoms with E-state index in [-0.39, 0.29) is 17.9 Å². The molecular weight excluding hydrogens is 424 g/mol. The van der Waals surface area contributed by atoms with Gasteiger partial charge in [-0.15, -0.1) is 0 Å². The third-order valence-electron chi connectivity index (χ3n) is 3.36. The first-order valence-electron chi connectivity index (χ1n) is 6.87. The third-order valence-corrected chi connectivity index (χ3v) is 4.35. The molecule has 0 saturated heterocycles. The number of amides is 1. The number of nitrogens with zero attached hydrogens (tertiary/aromatic N) is 1. The molecule has 1 heterocycles. The zero-order valence-electron chi connectivity index (χ0n) is 11.9. The molecule has 0 unspecified atom stereocenters. The number of fused-ring (bicyclic) bond motifs is 1. The van der Waals surface area contributed by atoms with E-state index in [1.807, 2.05) is 36.4 Å². The smallest absolute Gasteiger partial charge is 0.244 e. The molecule has 23 heavy (non-hydrogen) atoms. The summed E-state index contributed by atoms with van der Waals surface area (Å²) in [6.07, 6.45) is 1.64. The van der Waals surface area contributed by atoms with Crippen molar-refractivity contribution in [2.75, 3.05) is 5.32 Å². The van der Waals surface area contributed by atoms with E-state index in [0.29, 0.717) is 5.39 Å². The van der Waals surface area contributed by atoms with Crippen molar-refractivity contribution in [3.05, 3.63) is 73.9 Å². The molecule has 0 radical (unpaired) electrons. The summed E-state index contributed by atoms with van der Waals surface area (Å²) in [5.74, 6) is -0.157. The van der Waals surface area contributed by atoms with Crippen molar-refractivity contribution in [3.63, 3.8) is 0 Å². The summed E-state index contributed by atoms with van der Waals surface area (Å²) in [4.78, 5) is 24.2. The number of hydrogen-bond acceptors (Lipinski definition) is 2. The molecule has 1 aromatic heterocycles. The summed E-state index contributed by atoms with van der Waals surface area (Å²) >= 11 is 6.73. The molecule has 2 aromatic carbocycles.